The molecule has 0 saturated carbocycles. The Morgan fingerprint density at radius 1 is 1.16 bits per heavy atom. The Hall–Kier alpha value is -1.70. The maximum absolute atomic E-state index is 5.84. The van der Waals surface area contributed by atoms with Gasteiger partial charge in [-0.1, -0.05) is 44.7 Å². The van der Waals surface area contributed by atoms with Crippen LogP contribution in [0.1, 0.15) is 20.3 Å². The second-order valence-electron chi connectivity index (χ2n) is 5.23. The highest BCUT2D eigenvalue weighted by atomic mass is 16.5. The molecule has 1 aliphatic heterocycles. The molecule has 1 heterocycles. The molecule has 0 spiro atoms. The van der Waals surface area contributed by atoms with Crippen molar-refractivity contribution >= 4 is 0 Å². The van der Waals surface area contributed by atoms with E-state index in [1.54, 1.807) is 6.08 Å². The van der Waals surface area contributed by atoms with Gasteiger partial charge in [-0.2, -0.15) is 0 Å². The van der Waals surface area contributed by atoms with E-state index in [1.807, 2.05) is 0 Å². The van der Waals surface area contributed by atoms with Gasteiger partial charge in [-0.05, 0) is 30.1 Å². The molecule has 0 aromatic heterocycles. The Labute approximate surface area is 115 Å². The van der Waals surface area contributed by atoms with Gasteiger partial charge in [0.15, 0.2) is 11.5 Å². The van der Waals surface area contributed by atoms with Crippen molar-refractivity contribution in [2.45, 2.75) is 20.3 Å². The minimum absolute atomic E-state index is 0.399. The maximum Gasteiger partial charge on any atom is 0.161 e. The van der Waals surface area contributed by atoms with Crippen molar-refractivity contribution in [1.82, 2.24) is 0 Å². The Morgan fingerprint density at radius 2 is 1.89 bits per heavy atom. The molecule has 2 aliphatic rings. The third kappa shape index (κ3) is 3.88. The molecule has 0 aromatic rings. The summed E-state index contributed by atoms with van der Waals surface area (Å²) < 4.78 is 11.6. The van der Waals surface area contributed by atoms with Gasteiger partial charge in [0.2, 0.25) is 0 Å². The van der Waals surface area contributed by atoms with Crippen LogP contribution in [0.4, 0.5) is 0 Å². The van der Waals surface area contributed by atoms with Crippen molar-refractivity contribution in [2.24, 2.45) is 11.8 Å². The maximum atomic E-state index is 5.84. The highest BCUT2D eigenvalue weighted by Gasteiger charge is 2.15. The van der Waals surface area contributed by atoms with Crippen molar-refractivity contribution in [3.05, 3.63) is 60.1 Å². The number of ether oxygens (including phenoxy) is 2. The zero-order valence-electron chi connectivity index (χ0n) is 11.8. The number of rotatable bonds is 2. The van der Waals surface area contributed by atoms with E-state index in [9.17, 15) is 0 Å². The summed E-state index contributed by atoms with van der Waals surface area (Å²) in [6.07, 6.45) is 13.5. The van der Waals surface area contributed by atoms with Crippen LogP contribution in [0.3, 0.4) is 0 Å². The van der Waals surface area contributed by atoms with Gasteiger partial charge >= 0.3 is 0 Å². The first-order valence-electron chi connectivity index (χ1n) is 6.86. The summed E-state index contributed by atoms with van der Waals surface area (Å²) in [6, 6.07) is 0. The summed E-state index contributed by atoms with van der Waals surface area (Å²) in [6.45, 7) is 9.46. The van der Waals surface area contributed by atoms with E-state index in [0.717, 1.165) is 17.9 Å². The van der Waals surface area contributed by atoms with Gasteiger partial charge in [0.1, 0.15) is 0 Å². The van der Waals surface area contributed by atoms with Crippen LogP contribution in [0.25, 0.3) is 0 Å². The molecule has 0 bridgehead atoms. The van der Waals surface area contributed by atoms with Crippen molar-refractivity contribution in [3.8, 4) is 0 Å². The lowest BCUT2D eigenvalue weighted by Crippen LogP contribution is -2.07. The Kier molecular flexibility index (Phi) is 4.67. The van der Waals surface area contributed by atoms with Crippen LogP contribution in [-0.2, 0) is 9.47 Å². The van der Waals surface area contributed by atoms with Gasteiger partial charge < -0.3 is 9.47 Å². The van der Waals surface area contributed by atoms with Crippen LogP contribution < -0.4 is 0 Å². The molecule has 102 valence electrons. The average Bonchev–Trinajstić information content (AvgIpc) is 2.70. The first-order valence-corrected chi connectivity index (χ1v) is 6.86. The molecule has 0 N–H and O–H groups in total. The predicted molar refractivity (Wildman–Crippen MR) is 78.4 cm³/mol. The van der Waals surface area contributed by atoms with Gasteiger partial charge in [0.25, 0.3) is 0 Å². The van der Waals surface area contributed by atoms with Crippen molar-refractivity contribution in [3.63, 3.8) is 0 Å². The van der Waals surface area contributed by atoms with E-state index < -0.39 is 0 Å². The van der Waals surface area contributed by atoms with E-state index >= 15 is 0 Å². The summed E-state index contributed by atoms with van der Waals surface area (Å²) in [5.41, 5.74) is 1.23. The van der Waals surface area contributed by atoms with Gasteiger partial charge in [-0.15, -0.1) is 0 Å². The van der Waals surface area contributed by atoms with Crippen LogP contribution in [0.5, 0.6) is 0 Å². The fraction of sp³-hybridized carbons (Fsp3) is 0.412. The third-order valence-corrected chi connectivity index (χ3v) is 3.20. The molecule has 0 aromatic carbocycles. The van der Waals surface area contributed by atoms with E-state index in [0.29, 0.717) is 25.0 Å². The molecule has 2 nitrogen and oxygen atoms in total. The normalized spacial score (nSPS) is 29.5. The minimum Gasteiger partial charge on any atom is -0.489 e. The molecule has 0 fully saturated rings. The zero-order chi connectivity index (χ0) is 13.7. The molecule has 2 atom stereocenters. The highest BCUT2D eigenvalue weighted by molar-refractivity contribution is 5.34. The smallest absolute Gasteiger partial charge is 0.161 e. The van der Waals surface area contributed by atoms with Gasteiger partial charge in [0.05, 0.1) is 13.2 Å². The Morgan fingerprint density at radius 3 is 2.63 bits per heavy atom. The topological polar surface area (TPSA) is 18.5 Å². The highest BCUT2D eigenvalue weighted by Crippen LogP contribution is 2.22. The van der Waals surface area contributed by atoms with Gasteiger partial charge in [-0.3, -0.25) is 0 Å². The van der Waals surface area contributed by atoms with Crippen molar-refractivity contribution in [2.75, 3.05) is 13.2 Å². The fourth-order valence-corrected chi connectivity index (χ4v) is 2.03. The van der Waals surface area contributed by atoms with Crippen LogP contribution in [0.15, 0.2) is 60.1 Å². The molecular formula is C17H22O2. The molecular weight excluding hydrogens is 236 g/mol. The lowest BCUT2D eigenvalue weighted by molar-refractivity contribution is 0.158. The summed E-state index contributed by atoms with van der Waals surface area (Å²) in [4.78, 5) is 0. The Balaban J connectivity index is 2.23. The summed E-state index contributed by atoms with van der Waals surface area (Å²) in [7, 11) is 0. The predicted octanol–water partition coefficient (Wildman–Crippen LogP) is 4.15. The summed E-state index contributed by atoms with van der Waals surface area (Å²) >= 11 is 0. The van der Waals surface area contributed by atoms with E-state index in [1.165, 1.54) is 5.57 Å². The first-order chi connectivity index (χ1) is 9.19. The van der Waals surface area contributed by atoms with Crippen molar-refractivity contribution in [1.29, 1.82) is 0 Å². The molecule has 19 heavy (non-hydrogen) atoms. The number of allylic oxidation sites excluding steroid dienone is 7. The first kappa shape index (κ1) is 13.7. The Bertz CT molecular complexity index is 452. The van der Waals surface area contributed by atoms with Crippen LogP contribution >= 0.6 is 0 Å². The summed E-state index contributed by atoms with van der Waals surface area (Å²) in [5, 5.41) is 0. The minimum atomic E-state index is 0.399. The van der Waals surface area contributed by atoms with E-state index in [4.69, 9.17) is 9.47 Å². The number of hydrogen-bond acceptors (Lipinski definition) is 2. The fourth-order valence-electron chi connectivity index (χ4n) is 2.03. The molecule has 2 heteroatoms. The second kappa shape index (κ2) is 6.46. The van der Waals surface area contributed by atoms with Crippen LogP contribution in [0, 0.1) is 11.8 Å². The molecule has 0 saturated heterocycles. The lowest BCUT2D eigenvalue weighted by atomic mass is 10.1. The van der Waals surface area contributed by atoms with E-state index in [-0.39, 0.29) is 0 Å². The molecule has 2 unspecified atom stereocenters. The zero-order valence-corrected chi connectivity index (χ0v) is 11.8. The third-order valence-electron chi connectivity index (χ3n) is 3.20. The second-order valence-corrected chi connectivity index (χ2v) is 5.23. The van der Waals surface area contributed by atoms with Gasteiger partial charge in [-0.25, -0.2) is 0 Å². The number of hydrogen-bond donors (Lipinski definition) is 0. The lowest BCUT2D eigenvalue weighted by Gasteiger charge is -2.08. The quantitative estimate of drug-likeness (QED) is 0.693. The van der Waals surface area contributed by atoms with Gasteiger partial charge in [0, 0.05) is 5.92 Å². The average molecular weight is 258 g/mol. The molecule has 1 aliphatic carbocycles. The molecule has 0 radical (unpaired) electrons. The monoisotopic (exact) mass is 258 g/mol. The van der Waals surface area contributed by atoms with Crippen LogP contribution in [0.2, 0.25) is 0 Å². The SMILES string of the molecule is C=CC1=C(/C=C2/C=CC(C)C=CC2)OCC(C)CO1. The van der Waals surface area contributed by atoms with E-state index in [2.05, 4.69) is 50.8 Å². The van der Waals surface area contributed by atoms with Crippen molar-refractivity contribution < 1.29 is 9.47 Å². The largest absolute Gasteiger partial charge is 0.489 e. The molecule has 2 rings (SSSR count). The standard InChI is InChI=1S/C17H22O2/c1-4-16-17(19-12-14(3)11-18-16)10-15-7-5-6-13(2)8-9-15/h4-6,8-10,13-14H,1,7,11-12H2,2-3H3/b15-10+. The molecule has 0 amide bonds. The van der Waals surface area contributed by atoms with Crippen LogP contribution in [-0.4, -0.2) is 13.2 Å². The summed E-state index contributed by atoms with van der Waals surface area (Å²) in [5.74, 6) is 2.43.